The predicted octanol–water partition coefficient (Wildman–Crippen LogP) is 4.26. The first-order valence-electron chi connectivity index (χ1n) is 7.25. The molecule has 0 atom stereocenters. The SMILES string of the molecule is COc1ccc2[nH]cc(-c3nc4ccccc4cc3C#N)c2c1. The lowest BCUT2D eigenvalue weighted by atomic mass is 10.0. The first-order valence-corrected chi connectivity index (χ1v) is 7.25. The molecule has 2 heterocycles. The lowest BCUT2D eigenvalue weighted by molar-refractivity contribution is 0.415. The molecule has 0 aliphatic heterocycles. The van der Waals surface area contributed by atoms with Gasteiger partial charge in [-0.15, -0.1) is 0 Å². The molecule has 4 heteroatoms. The second-order valence-electron chi connectivity index (χ2n) is 5.30. The zero-order chi connectivity index (χ0) is 15.8. The molecule has 110 valence electrons. The van der Waals surface area contributed by atoms with Crippen LogP contribution in [0.25, 0.3) is 33.1 Å². The van der Waals surface area contributed by atoms with Crippen molar-refractivity contribution >= 4 is 21.8 Å². The Morgan fingerprint density at radius 3 is 2.83 bits per heavy atom. The number of para-hydroxylation sites is 1. The highest BCUT2D eigenvalue weighted by Gasteiger charge is 2.14. The molecular weight excluding hydrogens is 286 g/mol. The normalized spacial score (nSPS) is 10.8. The van der Waals surface area contributed by atoms with Gasteiger partial charge in [0.15, 0.2) is 0 Å². The van der Waals surface area contributed by atoms with Crippen molar-refractivity contribution in [1.82, 2.24) is 9.97 Å². The number of ether oxygens (including phenoxy) is 1. The number of hydrogen-bond donors (Lipinski definition) is 1. The quantitative estimate of drug-likeness (QED) is 0.601. The summed E-state index contributed by atoms with van der Waals surface area (Å²) in [5.41, 5.74) is 4.01. The van der Waals surface area contributed by atoms with Gasteiger partial charge >= 0.3 is 0 Å². The number of aromatic amines is 1. The van der Waals surface area contributed by atoms with Gasteiger partial charge in [-0.25, -0.2) is 4.98 Å². The monoisotopic (exact) mass is 299 g/mol. The van der Waals surface area contributed by atoms with Crippen molar-refractivity contribution in [3.63, 3.8) is 0 Å². The molecule has 0 saturated carbocycles. The number of nitrogens with zero attached hydrogens (tertiary/aromatic N) is 2. The predicted molar refractivity (Wildman–Crippen MR) is 90.3 cm³/mol. The van der Waals surface area contributed by atoms with Crippen LogP contribution in [-0.4, -0.2) is 17.1 Å². The van der Waals surface area contributed by atoms with Crippen LogP contribution in [0, 0.1) is 11.3 Å². The molecule has 0 bridgehead atoms. The van der Waals surface area contributed by atoms with Gasteiger partial charge in [0.05, 0.1) is 23.9 Å². The third kappa shape index (κ3) is 2.11. The standard InChI is InChI=1S/C19H13N3O/c1-23-14-6-7-18-15(9-14)16(11-21-18)19-13(10-20)8-12-4-2-3-5-17(12)22-19/h2-9,11,21H,1H3. The molecule has 0 fully saturated rings. The van der Waals surface area contributed by atoms with Crippen molar-refractivity contribution in [1.29, 1.82) is 5.26 Å². The number of pyridine rings is 1. The number of fused-ring (bicyclic) bond motifs is 2. The number of aromatic nitrogens is 2. The molecule has 0 spiro atoms. The summed E-state index contributed by atoms with van der Waals surface area (Å²) in [6.45, 7) is 0. The Morgan fingerprint density at radius 1 is 1.13 bits per heavy atom. The van der Waals surface area contributed by atoms with Crippen LogP contribution in [-0.2, 0) is 0 Å². The van der Waals surface area contributed by atoms with E-state index in [1.807, 2.05) is 54.7 Å². The number of nitriles is 1. The summed E-state index contributed by atoms with van der Waals surface area (Å²) in [5.74, 6) is 0.776. The van der Waals surface area contributed by atoms with E-state index in [0.717, 1.165) is 33.1 Å². The summed E-state index contributed by atoms with van der Waals surface area (Å²) >= 11 is 0. The molecule has 4 nitrogen and oxygen atoms in total. The number of hydrogen-bond acceptors (Lipinski definition) is 3. The average Bonchev–Trinajstić information content (AvgIpc) is 3.03. The van der Waals surface area contributed by atoms with E-state index in [0.29, 0.717) is 11.3 Å². The summed E-state index contributed by atoms with van der Waals surface area (Å²) in [6.07, 6.45) is 1.89. The van der Waals surface area contributed by atoms with Gasteiger partial charge in [-0.3, -0.25) is 0 Å². The van der Waals surface area contributed by atoms with Crippen molar-refractivity contribution < 1.29 is 4.74 Å². The van der Waals surface area contributed by atoms with Gasteiger partial charge in [0.1, 0.15) is 11.8 Å². The highest BCUT2D eigenvalue weighted by atomic mass is 16.5. The van der Waals surface area contributed by atoms with Gasteiger partial charge in [0.2, 0.25) is 0 Å². The first-order chi connectivity index (χ1) is 11.3. The van der Waals surface area contributed by atoms with Crippen LogP contribution in [0.5, 0.6) is 5.75 Å². The molecule has 0 aliphatic carbocycles. The highest BCUT2D eigenvalue weighted by Crippen LogP contribution is 2.33. The summed E-state index contributed by atoms with van der Waals surface area (Å²) in [7, 11) is 1.64. The molecule has 4 aromatic rings. The van der Waals surface area contributed by atoms with Gasteiger partial charge in [0, 0.05) is 28.0 Å². The van der Waals surface area contributed by atoms with Gasteiger partial charge < -0.3 is 9.72 Å². The Bertz CT molecular complexity index is 1070. The molecule has 0 unspecified atom stereocenters. The molecule has 2 aromatic heterocycles. The lowest BCUT2D eigenvalue weighted by Crippen LogP contribution is -1.90. The van der Waals surface area contributed by atoms with Crippen molar-refractivity contribution in [2.24, 2.45) is 0 Å². The fourth-order valence-corrected chi connectivity index (χ4v) is 2.83. The zero-order valence-corrected chi connectivity index (χ0v) is 12.5. The second kappa shape index (κ2) is 5.15. The zero-order valence-electron chi connectivity index (χ0n) is 12.5. The maximum atomic E-state index is 9.52. The Morgan fingerprint density at radius 2 is 2.00 bits per heavy atom. The largest absolute Gasteiger partial charge is 0.497 e. The van der Waals surface area contributed by atoms with Gasteiger partial charge in [0.25, 0.3) is 0 Å². The average molecular weight is 299 g/mol. The molecule has 2 aromatic carbocycles. The number of benzene rings is 2. The van der Waals surface area contributed by atoms with E-state index in [1.165, 1.54) is 0 Å². The van der Waals surface area contributed by atoms with Crippen molar-refractivity contribution in [3.8, 4) is 23.1 Å². The molecule has 1 N–H and O–H groups in total. The van der Waals surface area contributed by atoms with Gasteiger partial charge in [-0.2, -0.15) is 5.26 Å². The topological polar surface area (TPSA) is 61.7 Å². The van der Waals surface area contributed by atoms with E-state index < -0.39 is 0 Å². The van der Waals surface area contributed by atoms with Crippen LogP contribution in [0.3, 0.4) is 0 Å². The molecule has 0 saturated heterocycles. The fraction of sp³-hybridized carbons (Fsp3) is 0.0526. The first kappa shape index (κ1) is 13.4. The number of H-pyrrole nitrogens is 1. The van der Waals surface area contributed by atoms with E-state index in [1.54, 1.807) is 7.11 Å². The number of nitrogens with one attached hydrogen (secondary N) is 1. The minimum Gasteiger partial charge on any atom is -0.497 e. The second-order valence-corrected chi connectivity index (χ2v) is 5.30. The van der Waals surface area contributed by atoms with Crippen molar-refractivity contribution in [3.05, 3.63) is 60.3 Å². The molecule has 4 rings (SSSR count). The summed E-state index contributed by atoms with van der Waals surface area (Å²) in [5, 5.41) is 11.5. The Kier molecular flexibility index (Phi) is 2.99. The molecule has 0 amide bonds. The summed E-state index contributed by atoms with van der Waals surface area (Å²) in [6, 6.07) is 17.8. The molecule has 0 radical (unpaired) electrons. The van der Waals surface area contributed by atoms with Crippen LogP contribution >= 0.6 is 0 Å². The molecular formula is C19H13N3O. The maximum Gasteiger partial charge on any atom is 0.119 e. The fourth-order valence-electron chi connectivity index (χ4n) is 2.83. The van der Waals surface area contributed by atoms with E-state index in [-0.39, 0.29) is 0 Å². The summed E-state index contributed by atoms with van der Waals surface area (Å²) < 4.78 is 5.31. The smallest absolute Gasteiger partial charge is 0.119 e. The third-order valence-electron chi connectivity index (χ3n) is 3.99. The highest BCUT2D eigenvalue weighted by molar-refractivity contribution is 5.98. The minimum absolute atomic E-state index is 0.562. The maximum absolute atomic E-state index is 9.52. The van der Waals surface area contributed by atoms with E-state index in [9.17, 15) is 5.26 Å². The van der Waals surface area contributed by atoms with Crippen molar-refractivity contribution in [2.45, 2.75) is 0 Å². The minimum atomic E-state index is 0.562. The van der Waals surface area contributed by atoms with Crippen LogP contribution in [0.4, 0.5) is 0 Å². The van der Waals surface area contributed by atoms with Crippen LogP contribution < -0.4 is 4.74 Å². The summed E-state index contributed by atoms with van der Waals surface area (Å²) in [4.78, 5) is 7.94. The van der Waals surface area contributed by atoms with Crippen LogP contribution in [0.15, 0.2) is 54.7 Å². The Hall–Kier alpha value is -3.32. The van der Waals surface area contributed by atoms with Gasteiger partial charge in [-0.1, -0.05) is 18.2 Å². The van der Waals surface area contributed by atoms with Crippen molar-refractivity contribution in [2.75, 3.05) is 7.11 Å². The number of rotatable bonds is 2. The van der Waals surface area contributed by atoms with Crippen LogP contribution in [0.1, 0.15) is 5.56 Å². The molecule has 23 heavy (non-hydrogen) atoms. The molecule has 0 aliphatic rings. The van der Waals surface area contributed by atoms with E-state index >= 15 is 0 Å². The van der Waals surface area contributed by atoms with Gasteiger partial charge in [-0.05, 0) is 30.3 Å². The van der Waals surface area contributed by atoms with E-state index in [2.05, 4.69) is 11.1 Å². The Labute approximate surface area is 133 Å². The number of methoxy groups -OCH3 is 1. The van der Waals surface area contributed by atoms with Crippen LogP contribution in [0.2, 0.25) is 0 Å². The van der Waals surface area contributed by atoms with E-state index in [4.69, 9.17) is 9.72 Å². The Balaban J connectivity index is 2.03. The third-order valence-corrected chi connectivity index (χ3v) is 3.99. The lowest BCUT2D eigenvalue weighted by Gasteiger charge is -2.06.